The second-order valence-electron chi connectivity index (χ2n) is 2.07. The van der Waals surface area contributed by atoms with Gasteiger partial charge in [0.1, 0.15) is 0 Å². The van der Waals surface area contributed by atoms with Gasteiger partial charge in [-0.15, -0.1) is 12.3 Å². The lowest BCUT2D eigenvalue weighted by Crippen LogP contribution is -1.93. The van der Waals surface area contributed by atoms with Crippen molar-refractivity contribution in [1.82, 2.24) is 0 Å². The summed E-state index contributed by atoms with van der Waals surface area (Å²) in [6.07, 6.45) is 6.20. The Morgan fingerprint density at radius 1 is 1.82 bits per heavy atom. The normalized spacial score (nSPS) is 12.5. The second-order valence-corrected chi connectivity index (χ2v) is 2.79. The molecule has 1 N–H and O–H groups in total. The smallest absolute Gasteiger partial charge is 0.174 e. The van der Waals surface area contributed by atoms with Crippen molar-refractivity contribution in [2.75, 3.05) is 0 Å². The molecule has 2 nitrogen and oxygen atoms in total. The minimum absolute atomic E-state index is 0.304. The Balaban J connectivity index is 2.77. The highest BCUT2D eigenvalue weighted by atomic mass is 79.9. The molecule has 0 bridgehead atoms. The van der Waals surface area contributed by atoms with E-state index >= 15 is 0 Å². The van der Waals surface area contributed by atoms with Crippen LogP contribution in [0.1, 0.15) is 18.1 Å². The van der Waals surface area contributed by atoms with Crippen LogP contribution in [0.5, 0.6) is 0 Å². The quantitative estimate of drug-likeness (QED) is 0.766. The molecule has 58 valence electrons. The molecule has 0 aromatic carbocycles. The molecule has 0 radical (unpaired) electrons. The highest BCUT2D eigenvalue weighted by Crippen LogP contribution is 2.25. The van der Waals surface area contributed by atoms with Crippen LogP contribution >= 0.6 is 15.9 Å². The van der Waals surface area contributed by atoms with Crippen LogP contribution in [-0.4, -0.2) is 5.11 Å². The number of aliphatic hydroxyl groups is 1. The van der Waals surface area contributed by atoms with Crippen LogP contribution in [0.4, 0.5) is 0 Å². The SMILES string of the molecule is C#CCC(O)c1ccoc1Br. The van der Waals surface area contributed by atoms with Crippen molar-refractivity contribution < 1.29 is 9.52 Å². The van der Waals surface area contributed by atoms with Crippen molar-refractivity contribution in [2.45, 2.75) is 12.5 Å². The lowest BCUT2D eigenvalue weighted by atomic mass is 10.1. The molecule has 11 heavy (non-hydrogen) atoms. The predicted octanol–water partition coefficient (Wildman–Crippen LogP) is 2.10. The maximum atomic E-state index is 9.36. The fourth-order valence-electron chi connectivity index (χ4n) is 0.764. The molecule has 0 aliphatic carbocycles. The third kappa shape index (κ3) is 1.86. The van der Waals surface area contributed by atoms with Gasteiger partial charge in [-0.05, 0) is 22.0 Å². The third-order valence-electron chi connectivity index (χ3n) is 1.32. The van der Waals surface area contributed by atoms with Crippen molar-refractivity contribution in [3.63, 3.8) is 0 Å². The maximum absolute atomic E-state index is 9.36. The van der Waals surface area contributed by atoms with Gasteiger partial charge in [0.2, 0.25) is 0 Å². The molecule has 0 aliphatic heterocycles. The number of hydrogen-bond donors (Lipinski definition) is 1. The van der Waals surface area contributed by atoms with E-state index in [4.69, 9.17) is 10.8 Å². The van der Waals surface area contributed by atoms with E-state index < -0.39 is 6.10 Å². The van der Waals surface area contributed by atoms with E-state index in [1.807, 2.05) is 0 Å². The summed E-state index contributed by atoms with van der Waals surface area (Å²) in [5.74, 6) is 2.37. The Morgan fingerprint density at radius 2 is 2.55 bits per heavy atom. The molecule has 0 fully saturated rings. The summed E-state index contributed by atoms with van der Waals surface area (Å²) in [7, 11) is 0. The zero-order chi connectivity index (χ0) is 8.27. The number of aliphatic hydroxyl groups excluding tert-OH is 1. The molecular weight excluding hydrogens is 208 g/mol. The van der Waals surface area contributed by atoms with Crippen LogP contribution < -0.4 is 0 Å². The lowest BCUT2D eigenvalue weighted by molar-refractivity contribution is 0.182. The van der Waals surface area contributed by atoms with E-state index in [-0.39, 0.29) is 0 Å². The summed E-state index contributed by atoms with van der Waals surface area (Å²) in [5, 5.41) is 9.36. The maximum Gasteiger partial charge on any atom is 0.174 e. The Bertz CT molecular complexity index is 272. The van der Waals surface area contributed by atoms with Crippen LogP contribution in [0.25, 0.3) is 0 Å². The topological polar surface area (TPSA) is 33.4 Å². The summed E-state index contributed by atoms with van der Waals surface area (Å²) in [6, 6.07) is 1.69. The molecule has 1 aromatic rings. The molecule has 1 heterocycles. The van der Waals surface area contributed by atoms with E-state index in [9.17, 15) is 5.11 Å². The number of rotatable bonds is 2. The van der Waals surface area contributed by atoms with Crippen molar-refractivity contribution in [1.29, 1.82) is 0 Å². The second kappa shape index (κ2) is 3.61. The van der Waals surface area contributed by atoms with Gasteiger partial charge in [-0.3, -0.25) is 0 Å². The molecule has 0 saturated heterocycles. The predicted molar refractivity (Wildman–Crippen MR) is 44.8 cm³/mol. The lowest BCUT2D eigenvalue weighted by Gasteiger charge is -2.02. The van der Waals surface area contributed by atoms with Crippen molar-refractivity contribution in [3.05, 3.63) is 22.6 Å². The van der Waals surface area contributed by atoms with Gasteiger partial charge in [0.15, 0.2) is 4.67 Å². The highest BCUT2D eigenvalue weighted by molar-refractivity contribution is 9.10. The first-order valence-corrected chi connectivity index (χ1v) is 3.89. The molecular formula is C8H7BrO2. The van der Waals surface area contributed by atoms with Crippen LogP contribution in [-0.2, 0) is 0 Å². The Hall–Kier alpha value is -0.720. The van der Waals surface area contributed by atoms with E-state index in [1.54, 1.807) is 6.07 Å². The molecule has 0 amide bonds. The van der Waals surface area contributed by atoms with Gasteiger partial charge in [-0.1, -0.05) is 0 Å². The molecule has 0 aliphatic rings. The van der Waals surface area contributed by atoms with Crippen LogP contribution in [0.3, 0.4) is 0 Å². The summed E-state index contributed by atoms with van der Waals surface area (Å²) < 4.78 is 5.46. The van der Waals surface area contributed by atoms with Gasteiger partial charge in [0.25, 0.3) is 0 Å². The van der Waals surface area contributed by atoms with Crippen LogP contribution in [0.15, 0.2) is 21.4 Å². The van der Waals surface area contributed by atoms with E-state index in [0.29, 0.717) is 16.7 Å². The van der Waals surface area contributed by atoms with Gasteiger partial charge in [-0.25, -0.2) is 0 Å². The average molecular weight is 215 g/mol. The van der Waals surface area contributed by atoms with E-state index in [0.717, 1.165) is 0 Å². The molecule has 1 aromatic heterocycles. The third-order valence-corrected chi connectivity index (χ3v) is 1.96. The van der Waals surface area contributed by atoms with Crippen LogP contribution in [0, 0.1) is 12.3 Å². The Kier molecular flexibility index (Phi) is 2.75. The molecule has 1 atom stereocenters. The number of furan rings is 1. The molecule has 0 saturated carbocycles. The van der Waals surface area contributed by atoms with Gasteiger partial charge in [0.05, 0.1) is 12.4 Å². The molecule has 1 rings (SSSR count). The van der Waals surface area contributed by atoms with Crippen molar-refractivity contribution >= 4 is 15.9 Å². The molecule has 3 heteroatoms. The standard InChI is InChI=1S/C8H7BrO2/c1-2-3-7(10)6-4-5-11-8(6)9/h1,4-5,7,10H,3H2. The zero-order valence-electron chi connectivity index (χ0n) is 5.75. The van der Waals surface area contributed by atoms with Crippen LogP contribution in [0.2, 0.25) is 0 Å². The summed E-state index contributed by atoms with van der Waals surface area (Å²) >= 11 is 3.14. The summed E-state index contributed by atoms with van der Waals surface area (Å²) in [5.41, 5.74) is 0.697. The minimum atomic E-state index is -0.631. The highest BCUT2D eigenvalue weighted by Gasteiger charge is 2.11. The van der Waals surface area contributed by atoms with Crippen molar-refractivity contribution in [3.8, 4) is 12.3 Å². The number of hydrogen-bond acceptors (Lipinski definition) is 2. The molecule has 1 unspecified atom stereocenters. The molecule has 0 spiro atoms. The van der Waals surface area contributed by atoms with E-state index in [2.05, 4.69) is 21.9 Å². The minimum Gasteiger partial charge on any atom is -0.457 e. The largest absolute Gasteiger partial charge is 0.457 e. The first-order valence-electron chi connectivity index (χ1n) is 3.10. The van der Waals surface area contributed by atoms with Gasteiger partial charge < -0.3 is 9.52 Å². The monoisotopic (exact) mass is 214 g/mol. The Morgan fingerprint density at radius 3 is 3.00 bits per heavy atom. The summed E-state index contributed by atoms with van der Waals surface area (Å²) in [4.78, 5) is 0. The van der Waals surface area contributed by atoms with Gasteiger partial charge in [0, 0.05) is 12.0 Å². The summed E-state index contributed by atoms with van der Waals surface area (Å²) in [6.45, 7) is 0. The first kappa shape index (κ1) is 8.38. The number of halogens is 1. The van der Waals surface area contributed by atoms with Gasteiger partial charge in [-0.2, -0.15) is 0 Å². The Labute approximate surface area is 73.3 Å². The zero-order valence-corrected chi connectivity index (χ0v) is 7.34. The van der Waals surface area contributed by atoms with Gasteiger partial charge >= 0.3 is 0 Å². The van der Waals surface area contributed by atoms with Crippen molar-refractivity contribution in [2.24, 2.45) is 0 Å². The first-order chi connectivity index (χ1) is 5.25. The fraction of sp³-hybridized carbons (Fsp3) is 0.250. The van der Waals surface area contributed by atoms with E-state index in [1.165, 1.54) is 6.26 Å². The fourth-order valence-corrected chi connectivity index (χ4v) is 1.27. The number of terminal acetylenes is 1. The average Bonchev–Trinajstić information content (AvgIpc) is 2.36.